The molecule has 0 aliphatic rings. The Morgan fingerprint density at radius 2 is 2.05 bits per heavy atom. The lowest BCUT2D eigenvalue weighted by atomic mass is 10.2. The molecule has 7 nitrogen and oxygen atoms in total. The van der Waals surface area contributed by atoms with Gasteiger partial charge in [-0.1, -0.05) is 6.07 Å². The summed E-state index contributed by atoms with van der Waals surface area (Å²) in [4.78, 5) is 11.2. The molecular formula is C11H11ClN4O3. The molecule has 1 heterocycles. The molecule has 8 heteroatoms. The van der Waals surface area contributed by atoms with E-state index in [1.807, 2.05) is 0 Å². The number of benzene rings is 1. The van der Waals surface area contributed by atoms with Crippen LogP contribution < -0.4 is 15.2 Å². The molecule has 0 aliphatic carbocycles. The quantitative estimate of drug-likeness (QED) is 0.873. The topological polar surface area (TPSA) is 103 Å². The number of aliphatic hydroxyl groups excluding tert-OH is 1. The summed E-state index contributed by atoms with van der Waals surface area (Å²) in [6, 6.07) is 4.91. The highest BCUT2D eigenvalue weighted by molar-refractivity contribution is 6.28. The van der Waals surface area contributed by atoms with Crippen molar-refractivity contribution < 1.29 is 14.6 Å². The number of halogens is 1. The van der Waals surface area contributed by atoms with E-state index in [9.17, 15) is 0 Å². The van der Waals surface area contributed by atoms with Crippen molar-refractivity contribution in [2.75, 3.05) is 12.8 Å². The van der Waals surface area contributed by atoms with E-state index in [0.29, 0.717) is 17.1 Å². The van der Waals surface area contributed by atoms with Crippen LogP contribution in [0.2, 0.25) is 5.28 Å². The molecule has 0 saturated carbocycles. The van der Waals surface area contributed by atoms with Gasteiger partial charge in [0.15, 0.2) is 11.5 Å². The van der Waals surface area contributed by atoms with Crippen molar-refractivity contribution >= 4 is 17.5 Å². The summed E-state index contributed by atoms with van der Waals surface area (Å²) >= 11 is 5.65. The molecule has 3 N–H and O–H groups in total. The minimum atomic E-state index is -0.0961. The molecular weight excluding hydrogens is 272 g/mol. The summed E-state index contributed by atoms with van der Waals surface area (Å²) in [5.41, 5.74) is 6.13. The van der Waals surface area contributed by atoms with Crippen LogP contribution in [0.3, 0.4) is 0 Å². The Kier molecular flexibility index (Phi) is 3.98. The standard InChI is InChI=1S/C11H11ClN4O3/c1-18-8-4-6(5-17)2-3-7(8)19-11-15-9(12)14-10(13)16-11/h2-4,17H,5H2,1H3,(H2,13,14,15,16). The molecule has 0 radical (unpaired) electrons. The number of methoxy groups -OCH3 is 1. The maximum Gasteiger partial charge on any atom is 0.328 e. The molecule has 1 aromatic heterocycles. The van der Waals surface area contributed by atoms with E-state index in [2.05, 4.69) is 15.0 Å². The maximum absolute atomic E-state index is 9.05. The highest BCUT2D eigenvalue weighted by atomic mass is 35.5. The predicted octanol–water partition coefficient (Wildman–Crippen LogP) is 1.40. The monoisotopic (exact) mass is 282 g/mol. The van der Waals surface area contributed by atoms with Crippen LogP contribution in [-0.4, -0.2) is 27.2 Å². The molecule has 0 unspecified atom stereocenters. The third-order valence-corrected chi connectivity index (χ3v) is 2.39. The Labute approximate surface area is 114 Å². The molecule has 19 heavy (non-hydrogen) atoms. The normalized spacial score (nSPS) is 10.3. The summed E-state index contributed by atoms with van der Waals surface area (Å²) in [6.45, 7) is -0.0961. The van der Waals surface area contributed by atoms with Crippen molar-refractivity contribution in [1.29, 1.82) is 0 Å². The molecule has 0 aliphatic heterocycles. The number of rotatable bonds is 4. The van der Waals surface area contributed by atoms with Gasteiger partial charge in [-0.15, -0.1) is 0 Å². The zero-order chi connectivity index (χ0) is 13.8. The number of anilines is 1. The SMILES string of the molecule is COc1cc(CO)ccc1Oc1nc(N)nc(Cl)n1. The molecule has 0 fully saturated rings. The second kappa shape index (κ2) is 5.68. The summed E-state index contributed by atoms with van der Waals surface area (Å²) < 4.78 is 10.6. The van der Waals surface area contributed by atoms with Crippen LogP contribution in [0, 0.1) is 0 Å². The third-order valence-electron chi connectivity index (χ3n) is 2.22. The average molecular weight is 283 g/mol. The number of hydrogen-bond donors (Lipinski definition) is 2. The Bertz CT molecular complexity index is 574. The smallest absolute Gasteiger partial charge is 0.328 e. The number of aromatic nitrogens is 3. The lowest BCUT2D eigenvalue weighted by molar-refractivity contribution is 0.280. The van der Waals surface area contributed by atoms with Crippen LogP contribution in [0.4, 0.5) is 5.95 Å². The van der Waals surface area contributed by atoms with Gasteiger partial charge in [0.2, 0.25) is 11.2 Å². The second-order valence-electron chi connectivity index (χ2n) is 3.49. The zero-order valence-corrected chi connectivity index (χ0v) is 10.8. The van der Waals surface area contributed by atoms with Crippen molar-refractivity contribution in [3.8, 4) is 17.5 Å². The van der Waals surface area contributed by atoms with Gasteiger partial charge >= 0.3 is 6.01 Å². The van der Waals surface area contributed by atoms with Gasteiger partial charge in [-0.25, -0.2) is 0 Å². The first-order chi connectivity index (χ1) is 9.12. The van der Waals surface area contributed by atoms with Gasteiger partial charge in [0, 0.05) is 0 Å². The first-order valence-electron chi connectivity index (χ1n) is 5.25. The highest BCUT2D eigenvalue weighted by Crippen LogP contribution is 2.31. The number of nitrogens with zero attached hydrogens (tertiary/aromatic N) is 3. The number of ether oxygens (including phenoxy) is 2. The largest absolute Gasteiger partial charge is 0.493 e. The number of aliphatic hydroxyl groups is 1. The molecule has 0 bridgehead atoms. The first-order valence-corrected chi connectivity index (χ1v) is 5.63. The molecule has 0 atom stereocenters. The molecule has 2 rings (SSSR count). The zero-order valence-electron chi connectivity index (χ0n) is 10.00. The Balaban J connectivity index is 2.32. The van der Waals surface area contributed by atoms with Crippen molar-refractivity contribution in [2.24, 2.45) is 0 Å². The van der Waals surface area contributed by atoms with Gasteiger partial charge in [0.25, 0.3) is 0 Å². The Morgan fingerprint density at radius 1 is 1.26 bits per heavy atom. The summed E-state index contributed by atoms with van der Waals surface area (Å²) in [6.07, 6.45) is 0. The fourth-order valence-corrected chi connectivity index (χ4v) is 1.54. The molecule has 0 saturated heterocycles. The van der Waals surface area contributed by atoms with E-state index in [4.69, 9.17) is 31.9 Å². The van der Waals surface area contributed by atoms with E-state index >= 15 is 0 Å². The lowest BCUT2D eigenvalue weighted by Gasteiger charge is -2.10. The first kappa shape index (κ1) is 13.3. The number of nitrogen functional groups attached to an aromatic ring is 1. The van der Waals surface area contributed by atoms with Crippen molar-refractivity contribution in [3.63, 3.8) is 0 Å². The lowest BCUT2D eigenvalue weighted by Crippen LogP contribution is -2.01. The van der Waals surface area contributed by atoms with Crippen LogP contribution >= 0.6 is 11.6 Å². The summed E-state index contributed by atoms with van der Waals surface area (Å²) in [7, 11) is 1.48. The minimum absolute atomic E-state index is 0.0347. The Morgan fingerprint density at radius 3 is 2.68 bits per heavy atom. The maximum atomic E-state index is 9.05. The van der Waals surface area contributed by atoms with Crippen LogP contribution in [0.5, 0.6) is 17.5 Å². The van der Waals surface area contributed by atoms with E-state index in [1.165, 1.54) is 7.11 Å². The molecule has 0 amide bonds. The van der Waals surface area contributed by atoms with Crippen molar-refractivity contribution in [3.05, 3.63) is 29.0 Å². The van der Waals surface area contributed by atoms with Crippen molar-refractivity contribution in [1.82, 2.24) is 15.0 Å². The van der Waals surface area contributed by atoms with Gasteiger partial charge in [-0.3, -0.25) is 0 Å². The predicted molar refractivity (Wildman–Crippen MR) is 68.2 cm³/mol. The van der Waals surface area contributed by atoms with Crippen molar-refractivity contribution in [2.45, 2.75) is 6.61 Å². The van der Waals surface area contributed by atoms with Crippen LogP contribution in [-0.2, 0) is 6.61 Å². The van der Waals surface area contributed by atoms with Gasteiger partial charge < -0.3 is 20.3 Å². The van der Waals surface area contributed by atoms with Gasteiger partial charge in [0.05, 0.1) is 13.7 Å². The summed E-state index contributed by atoms with van der Waals surface area (Å²) in [5, 5.41) is 8.99. The van der Waals surface area contributed by atoms with E-state index in [1.54, 1.807) is 18.2 Å². The van der Waals surface area contributed by atoms with Crippen LogP contribution in [0.25, 0.3) is 0 Å². The van der Waals surface area contributed by atoms with E-state index in [-0.39, 0.29) is 23.8 Å². The van der Waals surface area contributed by atoms with Gasteiger partial charge in [-0.2, -0.15) is 15.0 Å². The molecule has 0 spiro atoms. The van der Waals surface area contributed by atoms with Crippen LogP contribution in [0.1, 0.15) is 5.56 Å². The molecule has 2 aromatic rings. The Hall–Kier alpha value is -2.12. The third kappa shape index (κ3) is 3.21. The summed E-state index contributed by atoms with van der Waals surface area (Å²) in [5.74, 6) is 0.768. The van der Waals surface area contributed by atoms with E-state index < -0.39 is 0 Å². The van der Waals surface area contributed by atoms with E-state index in [0.717, 1.165) is 0 Å². The minimum Gasteiger partial charge on any atom is -0.493 e. The average Bonchev–Trinajstić information content (AvgIpc) is 2.38. The van der Waals surface area contributed by atoms with Crippen LogP contribution in [0.15, 0.2) is 18.2 Å². The second-order valence-corrected chi connectivity index (χ2v) is 3.83. The fourth-order valence-electron chi connectivity index (χ4n) is 1.39. The van der Waals surface area contributed by atoms with Gasteiger partial charge in [-0.05, 0) is 29.3 Å². The fraction of sp³-hybridized carbons (Fsp3) is 0.182. The molecule has 100 valence electrons. The molecule has 1 aromatic carbocycles. The number of nitrogens with two attached hydrogens (primary N) is 1. The number of hydrogen-bond acceptors (Lipinski definition) is 7. The van der Waals surface area contributed by atoms with Gasteiger partial charge in [0.1, 0.15) is 0 Å². The highest BCUT2D eigenvalue weighted by Gasteiger charge is 2.10.